The molecule has 6 N–H and O–H groups in total. The first-order valence-electron chi connectivity index (χ1n) is 13.6. The minimum absolute atomic E-state index is 0.0644. The van der Waals surface area contributed by atoms with Crippen LogP contribution in [0.25, 0.3) is 21.5 Å². The van der Waals surface area contributed by atoms with E-state index in [0.29, 0.717) is 6.07 Å². The van der Waals surface area contributed by atoms with Crippen molar-refractivity contribution in [1.29, 1.82) is 0 Å². The molecule has 0 saturated carbocycles. The van der Waals surface area contributed by atoms with E-state index >= 15 is 0 Å². The van der Waals surface area contributed by atoms with Crippen LogP contribution in [0.4, 0.5) is 28.4 Å². The maximum atomic E-state index is 12.5. The number of phenols is 1. The van der Waals surface area contributed by atoms with Gasteiger partial charge >= 0.3 is 0 Å². The highest BCUT2D eigenvalue weighted by atomic mass is 32.2. The molecule has 51 heavy (non-hydrogen) atoms. The second-order valence-electron chi connectivity index (χ2n) is 10.4. The maximum absolute atomic E-state index is 12.5. The number of anilines is 1. The minimum Gasteiger partial charge on any atom is -0.505 e. The van der Waals surface area contributed by atoms with E-state index in [1.165, 1.54) is 30.3 Å². The van der Waals surface area contributed by atoms with Gasteiger partial charge in [-0.3, -0.25) is 23.0 Å². The lowest BCUT2D eigenvalue weighted by molar-refractivity contribution is -0.114. The van der Waals surface area contributed by atoms with Gasteiger partial charge in [-0.25, -0.2) is 0 Å². The zero-order valence-electron chi connectivity index (χ0n) is 25.3. The number of aromatic hydroxyl groups is 1. The number of carbonyl (C=O) groups is 1. The average molecular weight is 780 g/mol. The average Bonchev–Trinajstić information content (AvgIpc) is 3.01. The van der Waals surface area contributed by atoms with Crippen molar-refractivity contribution in [1.82, 2.24) is 0 Å². The summed E-state index contributed by atoms with van der Waals surface area (Å²) in [5.41, 5.74) is -1.27. The van der Waals surface area contributed by atoms with Crippen molar-refractivity contribution in [2.45, 2.75) is 26.5 Å². The summed E-state index contributed by atoms with van der Waals surface area (Å²) in [5.74, 6) is -1.82. The van der Waals surface area contributed by atoms with Crippen LogP contribution in [-0.4, -0.2) is 62.9 Å². The number of fused-ring (bicyclic) bond motifs is 2. The predicted molar refractivity (Wildman–Crippen MR) is 178 cm³/mol. The van der Waals surface area contributed by atoms with Crippen LogP contribution in [-0.2, 0) is 45.3 Å². The number of nitrogens with zero attached hydrogens (tertiary/aromatic N) is 4. The van der Waals surface area contributed by atoms with E-state index in [1.807, 2.05) is 0 Å². The Morgan fingerprint density at radius 3 is 1.67 bits per heavy atom. The van der Waals surface area contributed by atoms with Crippen LogP contribution in [0.3, 0.4) is 0 Å². The van der Waals surface area contributed by atoms with Crippen LogP contribution >= 0.6 is 0 Å². The molecule has 0 aliphatic carbocycles. The van der Waals surface area contributed by atoms with Gasteiger partial charge in [-0.1, -0.05) is 6.07 Å². The van der Waals surface area contributed by atoms with Gasteiger partial charge in [-0.15, -0.1) is 15.3 Å². The van der Waals surface area contributed by atoms with Crippen molar-refractivity contribution < 1.29 is 61.8 Å². The van der Waals surface area contributed by atoms with Crippen LogP contribution in [0.1, 0.15) is 6.92 Å². The van der Waals surface area contributed by atoms with Gasteiger partial charge in [-0.05, 0) is 66.7 Å². The highest BCUT2D eigenvalue weighted by Gasteiger charge is 2.27. The van der Waals surface area contributed by atoms with Crippen LogP contribution < -0.4 is 5.32 Å². The molecule has 0 saturated heterocycles. The molecule has 0 heterocycles. The van der Waals surface area contributed by atoms with Gasteiger partial charge in [-0.2, -0.15) is 38.8 Å². The molecule has 0 bridgehead atoms. The van der Waals surface area contributed by atoms with Crippen molar-refractivity contribution in [2.75, 3.05) is 5.32 Å². The summed E-state index contributed by atoms with van der Waals surface area (Å²) >= 11 is 0. The van der Waals surface area contributed by atoms with Gasteiger partial charge in [0.1, 0.15) is 15.5 Å². The molecule has 0 atom stereocenters. The first-order chi connectivity index (χ1) is 23.6. The molecular weight excluding hydrogens is 759 g/mol. The molecule has 0 radical (unpaired) electrons. The van der Waals surface area contributed by atoms with Crippen LogP contribution in [0.15, 0.2) is 113 Å². The lowest BCUT2D eigenvalue weighted by atomic mass is 10.1. The molecular formula is C28H21N5O14S4. The summed E-state index contributed by atoms with van der Waals surface area (Å²) < 4.78 is 134. The Kier molecular flexibility index (Phi) is 9.52. The standard InChI is InChI=1S/C28H21N5O14S4/c1-14(34)29-23-10-11-24(50(42,43)44)20-13-25(51(45,46)47)27(28(35)26(20)23)33-32-22-9-8-21(18-7-6-17(12-19(18)22)49(39,40)41)31-30-15-2-4-16(5-3-15)48(36,37)38/h2-13,35H,1H3,(H,29,34)(H,36,37,38)(H,39,40,41)(H,42,43,44)(H,45,46,47)/b31-30+,33-32+. The van der Waals surface area contributed by atoms with E-state index in [9.17, 15) is 57.2 Å². The van der Waals surface area contributed by atoms with E-state index in [2.05, 4.69) is 25.8 Å². The summed E-state index contributed by atoms with van der Waals surface area (Å²) in [7, 11) is -19.7. The normalized spacial score (nSPS) is 13.0. The van der Waals surface area contributed by atoms with Gasteiger partial charge in [0.05, 0.1) is 37.9 Å². The Hall–Kier alpha value is -5.27. The van der Waals surface area contributed by atoms with Crippen molar-refractivity contribution >= 4 is 96.4 Å². The molecule has 19 nitrogen and oxygen atoms in total. The molecule has 0 aliphatic heterocycles. The molecule has 5 aromatic carbocycles. The van der Waals surface area contributed by atoms with E-state index in [1.54, 1.807) is 0 Å². The SMILES string of the molecule is CC(=O)Nc1ccc(S(=O)(=O)O)c2cc(S(=O)(=O)O)c(/N=N/c3ccc(/N=N/c4ccc(S(=O)(=O)O)cc4)c4ccc(S(=O)(=O)O)cc34)c(O)c12. The third-order valence-corrected chi connectivity index (χ3v) is 10.4. The van der Waals surface area contributed by atoms with Crippen LogP contribution in [0.5, 0.6) is 5.75 Å². The lowest BCUT2D eigenvalue weighted by Gasteiger charge is -2.15. The molecule has 0 fully saturated rings. The van der Waals surface area contributed by atoms with Gasteiger partial charge in [0, 0.05) is 23.1 Å². The Labute approximate surface area is 288 Å². The Morgan fingerprint density at radius 2 is 1.12 bits per heavy atom. The summed E-state index contributed by atoms with van der Waals surface area (Å²) in [5, 5.41) is 28.2. The maximum Gasteiger partial charge on any atom is 0.296 e. The number of carbonyl (C=O) groups excluding carboxylic acids is 1. The number of hydrogen-bond acceptors (Lipinski definition) is 14. The fourth-order valence-corrected chi connectivity index (χ4v) is 7.09. The highest BCUT2D eigenvalue weighted by Crippen LogP contribution is 2.46. The fraction of sp³-hybridized carbons (Fsp3) is 0.0357. The van der Waals surface area contributed by atoms with Crippen LogP contribution in [0, 0.1) is 0 Å². The van der Waals surface area contributed by atoms with Crippen molar-refractivity contribution in [3.8, 4) is 5.75 Å². The Bertz CT molecular complexity index is 2810. The summed E-state index contributed by atoms with van der Waals surface area (Å²) in [6.07, 6.45) is 0. The van der Waals surface area contributed by atoms with Crippen molar-refractivity contribution in [2.24, 2.45) is 20.5 Å². The van der Waals surface area contributed by atoms with Gasteiger partial charge in [0.2, 0.25) is 5.91 Å². The third kappa shape index (κ3) is 7.89. The molecule has 5 aromatic rings. The monoisotopic (exact) mass is 779 g/mol. The van der Waals surface area contributed by atoms with E-state index < -0.39 is 88.2 Å². The second kappa shape index (κ2) is 13.1. The molecule has 0 aromatic heterocycles. The number of benzene rings is 5. The van der Waals surface area contributed by atoms with Crippen molar-refractivity contribution in [3.63, 3.8) is 0 Å². The third-order valence-electron chi connectivity index (χ3n) is 6.95. The topological polar surface area (TPSA) is 316 Å². The lowest BCUT2D eigenvalue weighted by Crippen LogP contribution is -2.08. The molecule has 1 amide bonds. The Morgan fingerprint density at radius 1 is 0.569 bits per heavy atom. The number of phenolic OH excluding ortho intramolecular Hbond substituents is 1. The minimum atomic E-state index is -5.33. The number of nitrogens with one attached hydrogen (secondary N) is 1. The Balaban J connectivity index is 1.74. The second-order valence-corrected chi connectivity index (χ2v) is 16.0. The predicted octanol–water partition coefficient (Wildman–Crippen LogP) is 5.47. The first-order valence-corrected chi connectivity index (χ1v) is 19.3. The smallest absolute Gasteiger partial charge is 0.296 e. The van der Waals surface area contributed by atoms with E-state index in [0.717, 1.165) is 43.3 Å². The van der Waals surface area contributed by atoms with Crippen molar-refractivity contribution in [3.05, 3.63) is 72.8 Å². The number of hydrogen-bond donors (Lipinski definition) is 6. The van der Waals surface area contributed by atoms with E-state index in [-0.39, 0.29) is 33.5 Å². The first kappa shape index (κ1) is 37.0. The summed E-state index contributed by atoms with van der Waals surface area (Å²) in [4.78, 5) is 8.74. The zero-order chi connectivity index (χ0) is 37.7. The number of rotatable bonds is 9. The zero-order valence-corrected chi connectivity index (χ0v) is 28.5. The molecule has 0 aliphatic rings. The molecule has 5 rings (SSSR count). The molecule has 266 valence electrons. The van der Waals surface area contributed by atoms with Gasteiger partial charge < -0.3 is 10.4 Å². The van der Waals surface area contributed by atoms with Crippen LogP contribution in [0.2, 0.25) is 0 Å². The fourth-order valence-electron chi connectivity index (χ4n) is 4.78. The number of azo groups is 2. The molecule has 0 spiro atoms. The number of amides is 1. The molecule has 23 heteroatoms. The quantitative estimate of drug-likeness (QED) is 0.0798. The van der Waals surface area contributed by atoms with E-state index in [4.69, 9.17) is 4.55 Å². The summed E-state index contributed by atoms with van der Waals surface area (Å²) in [6.45, 7) is 1.07. The molecule has 0 unspecified atom stereocenters. The van der Waals surface area contributed by atoms with Gasteiger partial charge in [0.15, 0.2) is 5.75 Å². The summed E-state index contributed by atoms with van der Waals surface area (Å²) in [6, 6.07) is 12.6. The highest BCUT2D eigenvalue weighted by molar-refractivity contribution is 7.86. The van der Waals surface area contributed by atoms with Gasteiger partial charge in [0.25, 0.3) is 40.5 Å². The largest absolute Gasteiger partial charge is 0.505 e.